The Balaban J connectivity index is 2.64. The number of rotatable bonds is 2. The number of hydrogen-bond donors (Lipinski definition) is 0. The number of halogens is 3. The van der Waals surface area contributed by atoms with Crippen molar-refractivity contribution in [1.29, 1.82) is 0 Å². The van der Waals surface area contributed by atoms with Crippen molar-refractivity contribution in [1.82, 2.24) is 4.98 Å². The SMILES string of the molecule is CN(CC(F)(F)F)c1cc[c]nc1. The fraction of sp³-hybridized carbons (Fsp3) is 0.375. The molecule has 1 aromatic rings. The maximum atomic E-state index is 11.9. The van der Waals surface area contributed by atoms with Crippen LogP contribution in [-0.2, 0) is 0 Å². The van der Waals surface area contributed by atoms with E-state index in [1.165, 1.54) is 25.4 Å². The highest BCUT2D eigenvalue weighted by Crippen LogP contribution is 2.19. The summed E-state index contributed by atoms with van der Waals surface area (Å²) >= 11 is 0. The van der Waals surface area contributed by atoms with Crippen LogP contribution in [0.25, 0.3) is 0 Å². The van der Waals surface area contributed by atoms with Crippen LogP contribution in [0.2, 0.25) is 0 Å². The molecule has 71 valence electrons. The van der Waals surface area contributed by atoms with E-state index in [1.54, 1.807) is 0 Å². The third-order valence-electron chi connectivity index (χ3n) is 1.46. The van der Waals surface area contributed by atoms with Crippen LogP contribution in [0.5, 0.6) is 0 Å². The van der Waals surface area contributed by atoms with Crippen molar-refractivity contribution in [2.24, 2.45) is 0 Å². The zero-order chi connectivity index (χ0) is 9.90. The predicted molar refractivity (Wildman–Crippen MR) is 42.4 cm³/mol. The van der Waals surface area contributed by atoms with Crippen LogP contribution in [0.1, 0.15) is 0 Å². The summed E-state index contributed by atoms with van der Waals surface area (Å²) in [5.41, 5.74) is 0.427. The van der Waals surface area contributed by atoms with Gasteiger partial charge in [-0.3, -0.25) is 4.98 Å². The van der Waals surface area contributed by atoms with Crippen molar-refractivity contribution >= 4 is 5.69 Å². The fourth-order valence-electron chi connectivity index (χ4n) is 0.898. The molecule has 0 saturated heterocycles. The number of pyridine rings is 1. The van der Waals surface area contributed by atoms with E-state index in [1.807, 2.05) is 0 Å². The van der Waals surface area contributed by atoms with E-state index >= 15 is 0 Å². The summed E-state index contributed by atoms with van der Waals surface area (Å²) in [7, 11) is 1.37. The van der Waals surface area contributed by atoms with Crippen LogP contribution >= 0.6 is 0 Å². The second-order valence-electron chi connectivity index (χ2n) is 2.62. The first-order chi connectivity index (χ1) is 5.99. The largest absolute Gasteiger partial charge is 0.405 e. The first-order valence-corrected chi connectivity index (χ1v) is 3.59. The maximum Gasteiger partial charge on any atom is 0.405 e. The van der Waals surface area contributed by atoms with E-state index in [-0.39, 0.29) is 0 Å². The summed E-state index contributed by atoms with van der Waals surface area (Å²) in [6.45, 7) is -0.974. The summed E-state index contributed by atoms with van der Waals surface area (Å²) in [4.78, 5) is 4.69. The van der Waals surface area contributed by atoms with Gasteiger partial charge >= 0.3 is 6.18 Å². The van der Waals surface area contributed by atoms with Gasteiger partial charge in [-0.2, -0.15) is 13.2 Å². The van der Waals surface area contributed by atoms with Crippen LogP contribution in [0.4, 0.5) is 18.9 Å². The minimum absolute atomic E-state index is 0.427. The Morgan fingerprint density at radius 1 is 1.54 bits per heavy atom. The Labute approximate surface area is 74.0 Å². The lowest BCUT2D eigenvalue weighted by molar-refractivity contribution is -0.119. The van der Waals surface area contributed by atoms with Crippen LogP contribution in [-0.4, -0.2) is 24.8 Å². The highest BCUT2D eigenvalue weighted by molar-refractivity contribution is 5.42. The van der Waals surface area contributed by atoms with E-state index in [9.17, 15) is 13.2 Å². The van der Waals surface area contributed by atoms with Gasteiger partial charge in [-0.25, -0.2) is 0 Å². The zero-order valence-corrected chi connectivity index (χ0v) is 6.97. The molecule has 0 atom stereocenters. The van der Waals surface area contributed by atoms with Crippen LogP contribution in [0.15, 0.2) is 18.3 Å². The Kier molecular flexibility index (Phi) is 2.75. The molecular formula is C8H8F3N2. The van der Waals surface area contributed by atoms with Gasteiger partial charge in [-0.1, -0.05) is 0 Å². The van der Waals surface area contributed by atoms with Crippen molar-refractivity contribution in [3.63, 3.8) is 0 Å². The summed E-state index contributed by atoms with van der Waals surface area (Å²) < 4.78 is 35.8. The molecule has 0 aliphatic carbocycles. The van der Waals surface area contributed by atoms with Gasteiger partial charge in [0.25, 0.3) is 0 Å². The minimum Gasteiger partial charge on any atom is -0.364 e. The van der Waals surface area contributed by atoms with Crippen LogP contribution < -0.4 is 4.90 Å². The summed E-state index contributed by atoms with van der Waals surface area (Å²) in [5.74, 6) is 0. The molecular weight excluding hydrogens is 181 g/mol. The van der Waals surface area contributed by atoms with Gasteiger partial charge in [0.15, 0.2) is 0 Å². The number of nitrogens with zero attached hydrogens (tertiary/aromatic N) is 2. The van der Waals surface area contributed by atoms with E-state index in [2.05, 4.69) is 11.2 Å². The van der Waals surface area contributed by atoms with Crippen LogP contribution in [0, 0.1) is 6.20 Å². The number of aromatic nitrogens is 1. The lowest BCUT2D eigenvalue weighted by atomic mass is 10.4. The van der Waals surface area contributed by atoms with Crippen LogP contribution in [0.3, 0.4) is 0 Å². The molecule has 0 amide bonds. The van der Waals surface area contributed by atoms with Crippen molar-refractivity contribution in [3.05, 3.63) is 24.5 Å². The molecule has 1 radical (unpaired) electrons. The smallest absolute Gasteiger partial charge is 0.364 e. The predicted octanol–water partition coefficient (Wildman–Crippen LogP) is 1.88. The average molecular weight is 189 g/mol. The maximum absolute atomic E-state index is 11.9. The summed E-state index contributed by atoms with van der Waals surface area (Å²) in [6.07, 6.45) is -0.355. The number of hydrogen-bond acceptors (Lipinski definition) is 2. The van der Waals surface area contributed by atoms with Gasteiger partial charge in [0.2, 0.25) is 0 Å². The second-order valence-corrected chi connectivity index (χ2v) is 2.62. The molecule has 0 unspecified atom stereocenters. The Bertz CT molecular complexity index is 258. The Morgan fingerprint density at radius 3 is 2.69 bits per heavy atom. The lowest BCUT2D eigenvalue weighted by Crippen LogP contribution is -2.30. The van der Waals surface area contributed by atoms with Gasteiger partial charge in [0.1, 0.15) is 6.54 Å². The minimum atomic E-state index is -4.19. The van der Waals surface area contributed by atoms with E-state index in [0.29, 0.717) is 5.69 Å². The van der Waals surface area contributed by atoms with Gasteiger partial charge in [0.05, 0.1) is 18.1 Å². The Hall–Kier alpha value is -1.26. The number of alkyl halides is 3. The molecule has 2 nitrogen and oxygen atoms in total. The van der Waals surface area contributed by atoms with Gasteiger partial charge in [0, 0.05) is 7.05 Å². The number of anilines is 1. The summed E-state index contributed by atoms with van der Waals surface area (Å²) in [5, 5.41) is 0. The molecule has 0 aliphatic heterocycles. The molecule has 0 spiro atoms. The normalized spacial score (nSPS) is 11.4. The van der Waals surface area contributed by atoms with Gasteiger partial charge in [-0.15, -0.1) is 0 Å². The third kappa shape index (κ3) is 3.31. The average Bonchev–Trinajstić information content (AvgIpc) is 2.03. The highest BCUT2D eigenvalue weighted by atomic mass is 19.4. The molecule has 13 heavy (non-hydrogen) atoms. The molecule has 1 heterocycles. The first kappa shape index (κ1) is 9.83. The van der Waals surface area contributed by atoms with Crippen molar-refractivity contribution < 1.29 is 13.2 Å². The topological polar surface area (TPSA) is 16.1 Å². The molecule has 0 aliphatic rings. The summed E-state index contributed by atoms with van der Waals surface area (Å²) in [6, 6.07) is 3.00. The highest BCUT2D eigenvalue weighted by Gasteiger charge is 2.29. The van der Waals surface area contributed by atoms with E-state index in [0.717, 1.165) is 4.90 Å². The van der Waals surface area contributed by atoms with Crippen molar-refractivity contribution in [3.8, 4) is 0 Å². The molecule has 1 rings (SSSR count). The van der Waals surface area contributed by atoms with Crippen molar-refractivity contribution in [2.75, 3.05) is 18.5 Å². The van der Waals surface area contributed by atoms with E-state index in [4.69, 9.17) is 0 Å². The van der Waals surface area contributed by atoms with Crippen molar-refractivity contribution in [2.45, 2.75) is 6.18 Å². The quantitative estimate of drug-likeness (QED) is 0.706. The Morgan fingerprint density at radius 2 is 2.23 bits per heavy atom. The lowest BCUT2D eigenvalue weighted by Gasteiger charge is -2.19. The zero-order valence-electron chi connectivity index (χ0n) is 6.97. The molecule has 5 heteroatoms. The molecule has 0 N–H and O–H groups in total. The second kappa shape index (κ2) is 3.64. The molecule has 1 aromatic heterocycles. The molecule has 0 bridgehead atoms. The molecule has 0 fully saturated rings. The molecule has 0 saturated carbocycles. The fourth-order valence-corrected chi connectivity index (χ4v) is 0.898. The molecule has 0 aromatic carbocycles. The standard InChI is InChI=1S/C8H8F3N2/c1-13(6-8(9,10)11)7-3-2-4-12-5-7/h2-3,5H,6H2,1H3. The van der Waals surface area contributed by atoms with E-state index < -0.39 is 12.7 Å². The van der Waals surface area contributed by atoms with Gasteiger partial charge < -0.3 is 4.90 Å². The first-order valence-electron chi connectivity index (χ1n) is 3.59. The monoisotopic (exact) mass is 189 g/mol. The van der Waals surface area contributed by atoms with Gasteiger partial charge in [-0.05, 0) is 12.1 Å². The third-order valence-corrected chi connectivity index (χ3v) is 1.46.